The molecule has 23 heavy (non-hydrogen) atoms. The average Bonchev–Trinajstić information content (AvgIpc) is 2.95. The molecule has 1 heterocycles. The minimum atomic E-state index is -0.885. The van der Waals surface area contributed by atoms with Crippen LogP contribution in [0.3, 0.4) is 0 Å². The molecule has 2 aromatic rings. The fourth-order valence-corrected chi connectivity index (χ4v) is 4.04. The summed E-state index contributed by atoms with van der Waals surface area (Å²) in [5.74, 6) is -0.127. The number of amides is 1. The molecule has 3 rings (SSSR count). The van der Waals surface area contributed by atoms with E-state index >= 15 is 0 Å². The van der Waals surface area contributed by atoms with Gasteiger partial charge in [-0.15, -0.1) is 11.3 Å². The topological polar surface area (TPSA) is 77.2 Å². The predicted molar refractivity (Wildman–Crippen MR) is 92.2 cm³/mol. The Hall–Kier alpha value is -1.50. The number of thiazole rings is 1. The van der Waals surface area contributed by atoms with Crippen LogP contribution in [0.5, 0.6) is 0 Å². The molecular formula is C17H23N3O2S. The molecule has 0 bridgehead atoms. The molecule has 0 saturated heterocycles. The highest BCUT2D eigenvalue weighted by atomic mass is 32.1. The van der Waals surface area contributed by atoms with Gasteiger partial charge in [-0.3, -0.25) is 4.79 Å². The van der Waals surface area contributed by atoms with Crippen molar-refractivity contribution in [3.63, 3.8) is 0 Å². The minimum absolute atomic E-state index is 0.0331. The van der Waals surface area contributed by atoms with E-state index in [0.717, 1.165) is 15.2 Å². The van der Waals surface area contributed by atoms with Gasteiger partial charge >= 0.3 is 0 Å². The van der Waals surface area contributed by atoms with Gasteiger partial charge in [0.05, 0.1) is 22.9 Å². The van der Waals surface area contributed by atoms with E-state index in [0.29, 0.717) is 19.6 Å². The number of carbonyl (C=O) groups excluding carboxylic acids is 1. The Bertz CT molecular complexity index is 694. The fourth-order valence-electron chi connectivity index (χ4n) is 3.13. The van der Waals surface area contributed by atoms with Gasteiger partial charge in [-0.1, -0.05) is 26.0 Å². The number of rotatable bonds is 5. The van der Waals surface area contributed by atoms with E-state index in [1.165, 1.54) is 0 Å². The maximum absolute atomic E-state index is 12.6. The first-order chi connectivity index (χ1) is 10.9. The SMILES string of the molecule is CCOC1CC(N)(C(=O)NCc2nc3ccccc3s2)C1(C)C. The lowest BCUT2D eigenvalue weighted by Gasteiger charge is -2.57. The first kappa shape index (κ1) is 16.4. The van der Waals surface area contributed by atoms with E-state index in [2.05, 4.69) is 10.3 Å². The molecule has 1 aromatic heterocycles. The lowest BCUT2D eigenvalue weighted by atomic mass is 9.54. The molecule has 0 radical (unpaired) electrons. The van der Waals surface area contributed by atoms with Gasteiger partial charge in [-0.2, -0.15) is 0 Å². The van der Waals surface area contributed by atoms with E-state index < -0.39 is 5.54 Å². The second-order valence-electron chi connectivity index (χ2n) is 6.60. The van der Waals surface area contributed by atoms with Crippen molar-refractivity contribution in [2.75, 3.05) is 6.61 Å². The van der Waals surface area contributed by atoms with Crippen molar-refractivity contribution in [1.82, 2.24) is 10.3 Å². The lowest BCUT2D eigenvalue weighted by molar-refractivity contribution is -0.170. The van der Waals surface area contributed by atoms with E-state index in [-0.39, 0.29) is 17.4 Å². The monoisotopic (exact) mass is 333 g/mol. The van der Waals surface area contributed by atoms with Crippen LogP contribution in [0.1, 0.15) is 32.2 Å². The Morgan fingerprint density at radius 3 is 2.87 bits per heavy atom. The second kappa shape index (κ2) is 5.85. The summed E-state index contributed by atoms with van der Waals surface area (Å²) in [5.41, 5.74) is 6.08. The van der Waals surface area contributed by atoms with Crippen LogP contribution in [0, 0.1) is 5.41 Å². The van der Waals surface area contributed by atoms with Gasteiger partial charge in [-0.25, -0.2) is 4.98 Å². The second-order valence-corrected chi connectivity index (χ2v) is 7.71. The molecule has 6 heteroatoms. The molecule has 1 saturated carbocycles. The van der Waals surface area contributed by atoms with Crippen molar-refractivity contribution >= 4 is 27.5 Å². The summed E-state index contributed by atoms with van der Waals surface area (Å²) in [5, 5.41) is 3.84. The number of fused-ring (bicyclic) bond motifs is 1. The molecule has 124 valence electrons. The van der Waals surface area contributed by atoms with Crippen LogP contribution in [0.25, 0.3) is 10.2 Å². The number of nitrogens with one attached hydrogen (secondary N) is 1. The summed E-state index contributed by atoms with van der Waals surface area (Å²) < 4.78 is 6.80. The Morgan fingerprint density at radius 1 is 1.48 bits per heavy atom. The van der Waals surface area contributed by atoms with Crippen molar-refractivity contribution in [2.45, 2.75) is 45.4 Å². The first-order valence-corrected chi connectivity index (χ1v) is 8.73. The van der Waals surface area contributed by atoms with Gasteiger partial charge in [0.1, 0.15) is 10.5 Å². The zero-order valence-electron chi connectivity index (χ0n) is 13.8. The number of benzene rings is 1. The number of hydrogen-bond donors (Lipinski definition) is 2. The zero-order chi connectivity index (χ0) is 16.7. The maximum atomic E-state index is 12.6. The van der Waals surface area contributed by atoms with Gasteiger partial charge in [0, 0.05) is 18.4 Å². The van der Waals surface area contributed by atoms with E-state index in [1.807, 2.05) is 45.0 Å². The van der Waals surface area contributed by atoms with Crippen LogP contribution in [-0.2, 0) is 16.1 Å². The van der Waals surface area contributed by atoms with Crippen molar-refractivity contribution in [3.05, 3.63) is 29.3 Å². The Kier molecular flexibility index (Phi) is 4.16. The summed E-state index contributed by atoms with van der Waals surface area (Å²) in [6, 6.07) is 7.96. The van der Waals surface area contributed by atoms with E-state index in [1.54, 1.807) is 11.3 Å². The Morgan fingerprint density at radius 2 is 2.22 bits per heavy atom. The number of para-hydroxylation sites is 1. The van der Waals surface area contributed by atoms with E-state index in [9.17, 15) is 4.79 Å². The van der Waals surface area contributed by atoms with Crippen molar-refractivity contribution in [2.24, 2.45) is 11.1 Å². The standard InChI is InChI=1S/C17H23N3O2S/c1-4-22-13-9-17(18,16(13,2)3)15(21)19-10-14-20-11-7-5-6-8-12(11)23-14/h5-8,13H,4,9-10,18H2,1-3H3,(H,19,21). The van der Waals surface area contributed by atoms with Gasteiger partial charge in [0.2, 0.25) is 5.91 Å². The summed E-state index contributed by atoms with van der Waals surface area (Å²) in [6.45, 7) is 6.99. The van der Waals surface area contributed by atoms with Gasteiger partial charge in [-0.05, 0) is 19.1 Å². The highest BCUT2D eigenvalue weighted by Crippen LogP contribution is 2.49. The van der Waals surface area contributed by atoms with Crippen molar-refractivity contribution in [3.8, 4) is 0 Å². The summed E-state index contributed by atoms with van der Waals surface area (Å²) in [7, 11) is 0. The molecule has 5 nitrogen and oxygen atoms in total. The van der Waals surface area contributed by atoms with Crippen LogP contribution >= 0.6 is 11.3 Å². The molecule has 1 aliphatic carbocycles. The number of nitrogens with zero attached hydrogens (tertiary/aromatic N) is 1. The molecule has 1 aliphatic rings. The smallest absolute Gasteiger partial charge is 0.241 e. The van der Waals surface area contributed by atoms with E-state index in [4.69, 9.17) is 10.5 Å². The number of nitrogens with two attached hydrogens (primary N) is 1. The fraction of sp³-hybridized carbons (Fsp3) is 0.529. The third kappa shape index (κ3) is 2.65. The van der Waals surface area contributed by atoms with Gasteiger partial charge in [0.25, 0.3) is 0 Å². The molecule has 0 aliphatic heterocycles. The largest absolute Gasteiger partial charge is 0.378 e. The van der Waals surface area contributed by atoms with Crippen LogP contribution in [0.2, 0.25) is 0 Å². The molecule has 1 fully saturated rings. The molecule has 2 unspecified atom stereocenters. The highest BCUT2D eigenvalue weighted by molar-refractivity contribution is 7.18. The Balaban J connectivity index is 1.65. The minimum Gasteiger partial charge on any atom is -0.378 e. The molecular weight excluding hydrogens is 310 g/mol. The Labute approximate surface area is 140 Å². The van der Waals surface area contributed by atoms with Crippen LogP contribution in [0.15, 0.2) is 24.3 Å². The van der Waals surface area contributed by atoms with Crippen molar-refractivity contribution < 1.29 is 9.53 Å². The van der Waals surface area contributed by atoms with Crippen LogP contribution < -0.4 is 11.1 Å². The molecule has 1 amide bonds. The zero-order valence-corrected chi connectivity index (χ0v) is 14.6. The number of hydrogen-bond acceptors (Lipinski definition) is 5. The molecule has 0 spiro atoms. The summed E-state index contributed by atoms with van der Waals surface area (Å²) in [6.07, 6.45) is 0.588. The summed E-state index contributed by atoms with van der Waals surface area (Å²) in [4.78, 5) is 17.1. The third-order valence-electron chi connectivity index (χ3n) is 4.97. The van der Waals surface area contributed by atoms with Gasteiger partial charge < -0.3 is 15.8 Å². The van der Waals surface area contributed by atoms with Gasteiger partial charge in [0.15, 0.2) is 0 Å². The number of carbonyl (C=O) groups is 1. The molecule has 2 atom stereocenters. The van der Waals surface area contributed by atoms with Crippen LogP contribution in [-0.4, -0.2) is 29.1 Å². The van der Waals surface area contributed by atoms with Crippen molar-refractivity contribution in [1.29, 1.82) is 0 Å². The quantitative estimate of drug-likeness (QED) is 0.881. The lowest BCUT2D eigenvalue weighted by Crippen LogP contribution is -2.75. The first-order valence-electron chi connectivity index (χ1n) is 7.91. The highest BCUT2D eigenvalue weighted by Gasteiger charge is 2.62. The summed E-state index contributed by atoms with van der Waals surface area (Å²) >= 11 is 1.59. The predicted octanol–water partition coefficient (Wildman–Crippen LogP) is 2.45. The molecule has 3 N–H and O–H groups in total. The molecule has 1 aromatic carbocycles. The third-order valence-corrected chi connectivity index (χ3v) is 6.01. The normalized spacial score (nSPS) is 26.0. The maximum Gasteiger partial charge on any atom is 0.241 e. The number of ether oxygens (including phenoxy) is 1. The average molecular weight is 333 g/mol. The van der Waals surface area contributed by atoms with Crippen LogP contribution in [0.4, 0.5) is 0 Å². The number of aromatic nitrogens is 1.